The van der Waals surface area contributed by atoms with Crippen LogP contribution in [-0.4, -0.2) is 43.4 Å². The van der Waals surface area contributed by atoms with Crippen molar-refractivity contribution < 1.29 is 14.3 Å². The molecular weight excluding hydrogens is 427 g/mol. The van der Waals surface area contributed by atoms with E-state index in [0.717, 1.165) is 15.8 Å². The number of aromatic nitrogens is 5. The smallest absolute Gasteiger partial charge is 0.413 e. The van der Waals surface area contributed by atoms with Crippen molar-refractivity contribution in [2.75, 3.05) is 11.9 Å². The van der Waals surface area contributed by atoms with Crippen molar-refractivity contribution in [3.05, 3.63) is 82.0 Å². The molecule has 3 aromatic heterocycles. The molecule has 0 saturated heterocycles. The largest absolute Gasteiger partial charge is 0.465 e. The molecule has 0 saturated carbocycles. The summed E-state index contributed by atoms with van der Waals surface area (Å²) in [7, 11) is 1.36. The van der Waals surface area contributed by atoms with Gasteiger partial charge in [0.1, 0.15) is 5.82 Å². The van der Waals surface area contributed by atoms with Gasteiger partial charge in [-0.05, 0) is 35.9 Å². The first-order chi connectivity index (χ1) is 15.9. The van der Waals surface area contributed by atoms with E-state index in [1.165, 1.54) is 13.1 Å². The van der Waals surface area contributed by atoms with Gasteiger partial charge >= 0.3 is 6.09 Å². The lowest BCUT2D eigenvalue weighted by Gasteiger charge is -2.08. The Labute approximate surface area is 185 Å². The van der Waals surface area contributed by atoms with Crippen LogP contribution in [0.5, 0.6) is 0 Å². The normalized spacial score (nSPS) is 11.2. The zero-order valence-electron chi connectivity index (χ0n) is 17.3. The third-order valence-corrected chi connectivity index (χ3v) is 5.39. The highest BCUT2D eigenvalue weighted by molar-refractivity contribution is 5.86. The molecule has 5 aromatic rings. The number of fused-ring (bicyclic) bond motifs is 2. The fourth-order valence-corrected chi connectivity index (χ4v) is 3.66. The summed E-state index contributed by atoms with van der Waals surface area (Å²) < 4.78 is 14.7. The number of amides is 1. The number of carboxylic acid groups (broad SMARTS) is 1. The number of anilines is 1. The summed E-state index contributed by atoms with van der Waals surface area (Å²) in [6.45, 7) is 0. The molecule has 0 radical (unpaired) electrons. The van der Waals surface area contributed by atoms with Crippen molar-refractivity contribution in [3.63, 3.8) is 0 Å². The van der Waals surface area contributed by atoms with Gasteiger partial charge < -0.3 is 10.1 Å². The Morgan fingerprint density at radius 1 is 1.09 bits per heavy atom. The van der Waals surface area contributed by atoms with Crippen LogP contribution in [0.3, 0.4) is 0 Å². The molecule has 3 N–H and O–H groups in total. The minimum Gasteiger partial charge on any atom is -0.465 e. The molecule has 33 heavy (non-hydrogen) atoms. The Kier molecular flexibility index (Phi) is 4.82. The van der Waals surface area contributed by atoms with Crippen LogP contribution in [0.1, 0.15) is 11.3 Å². The quantitative estimate of drug-likeness (QED) is 0.388. The lowest BCUT2D eigenvalue weighted by atomic mass is 10.0. The van der Waals surface area contributed by atoms with E-state index in [2.05, 4.69) is 25.1 Å². The number of aromatic amines is 2. The van der Waals surface area contributed by atoms with Gasteiger partial charge in [-0.25, -0.2) is 19.3 Å². The molecule has 5 rings (SSSR count). The number of imidazole rings is 1. The number of hydrogen-bond donors (Lipinski definition) is 3. The number of benzene rings is 2. The van der Waals surface area contributed by atoms with Crippen LogP contribution in [0.4, 0.5) is 15.1 Å². The number of halogens is 1. The summed E-state index contributed by atoms with van der Waals surface area (Å²) >= 11 is 0. The average Bonchev–Trinajstić information content (AvgIpc) is 3.25. The fourth-order valence-electron chi connectivity index (χ4n) is 3.66. The Hall–Kier alpha value is -4.60. The van der Waals surface area contributed by atoms with E-state index in [9.17, 15) is 14.0 Å². The van der Waals surface area contributed by atoms with Crippen LogP contribution in [0.25, 0.3) is 33.2 Å². The maximum atomic E-state index is 14.7. The summed E-state index contributed by atoms with van der Waals surface area (Å²) in [5, 5.41) is 17.1. The van der Waals surface area contributed by atoms with Crippen LogP contribution < -0.4 is 10.5 Å². The molecule has 0 aliphatic heterocycles. The molecule has 0 bridgehead atoms. The predicted octanol–water partition coefficient (Wildman–Crippen LogP) is 3.71. The van der Waals surface area contributed by atoms with E-state index in [4.69, 9.17) is 5.11 Å². The van der Waals surface area contributed by atoms with E-state index in [1.54, 1.807) is 36.4 Å². The van der Waals surface area contributed by atoms with Gasteiger partial charge in [0.2, 0.25) is 5.95 Å². The maximum absolute atomic E-state index is 14.7. The molecular formula is C23H17FN6O3. The van der Waals surface area contributed by atoms with E-state index in [1.807, 2.05) is 12.1 Å². The monoisotopic (exact) mass is 444 g/mol. The number of nitrogens with one attached hydrogen (secondary N) is 2. The van der Waals surface area contributed by atoms with Gasteiger partial charge in [0, 0.05) is 24.4 Å². The SMILES string of the molecule is CN(C(=O)O)c1nc2nc(-c3cc(Cc4n[nH]c(=O)c5ccccc45)ccc3F)ccc2[nH]1. The van der Waals surface area contributed by atoms with Crippen LogP contribution in [0, 0.1) is 5.82 Å². The molecule has 0 atom stereocenters. The third kappa shape index (κ3) is 3.67. The molecule has 1 amide bonds. The first-order valence-corrected chi connectivity index (χ1v) is 9.99. The minimum atomic E-state index is -1.17. The Balaban J connectivity index is 1.53. The van der Waals surface area contributed by atoms with Gasteiger partial charge in [-0.15, -0.1) is 0 Å². The number of hydrogen-bond acceptors (Lipinski definition) is 5. The molecule has 164 valence electrons. The highest BCUT2D eigenvalue weighted by Gasteiger charge is 2.16. The van der Waals surface area contributed by atoms with Gasteiger partial charge in [0.25, 0.3) is 5.56 Å². The molecule has 0 aliphatic carbocycles. The van der Waals surface area contributed by atoms with Crippen LogP contribution in [0.2, 0.25) is 0 Å². The zero-order valence-corrected chi connectivity index (χ0v) is 17.3. The lowest BCUT2D eigenvalue weighted by Crippen LogP contribution is -2.24. The summed E-state index contributed by atoms with van der Waals surface area (Å²) in [5.41, 5.74) is 2.62. The first-order valence-electron chi connectivity index (χ1n) is 9.99. The van der Waals surface area contributed by atoms with Gasteiger partial charge in [-0.2, -0.15) is 10.1 Å². The van der Waals surface area contributed by atoms with E-state index in [0.29, 0.717) is 28.7 Å². The van der Waals surface area contributed by atoms with Crippen LogP contribution >= 0.6 is 0 Å². The van der Waals surface area contributed by atoms with Crippen molar-refractivity contribution in [1.82, 2.24) is 25.1 Å². The van der Waals surface area contributed by atoms with Gasteiger partial charge in [0.05, 0.1) is 22.3 Å². The topological polar surface area (TPSA) is 128 Å². The van der Waals surface area contributed by atoms with Crippen molar-refractivity contribution >= 4 is 34.0 Å². The summed E-state index contributed by atoms with van der Waals surface area (Å²) in [4.78, 5) is 35.6. The Morgan fingerprint density at radius 3 is 2.67 bits per heavy atom. The predicted molar refractivity (Wildman–Crippen MR) is 121 cm³/mol. The van der Waals surface area contributed by atoms with Crippen molar-refractivity contribution in [2.24, 2.45) is 0 Å². The number of H-pyrrole nitrogens is 2. The average molecular weight is 444 g/mol. The third-order valence-electron chi connectivity index (χ3n) is 5.39. The first kappa shape index (κ1) is 20.3. The zero-order chi connectivity index (χ0) is 23.1. The van der Waals surface area contributed by atoms with Crippen LogP contribution in [-0.2, 0) is 6.42 Å². The highest BCUT2D eigenvalue weighted by Crippen LogP contribution is 2.26. The summed E-state index contributed by atoms with van der Waals surface area (Å²) in [6.07, 6.45) is -0.792. The highest BCUT2D eigenvalue weighted by atomic mass is 19.1. The molecule has 3 heterocycles. The van der Waals surface area contributed by atoms with Gasteiger partial charge in [0.15, 0.2) is 5.65 Å². The standard InChI is InChI=1S/C23H17FN6O3/c1-30(23(32)33)22-26-18-9-8-17(25-20(18)27-22)15-10-12(6-7-16(15)24)11-19-13-4-2-3-5-14(13)21(31)29-28-19/h2-10H,11H2,1H3,(H,29,31)(H,32,33)(H,25,26,27). The number of carbonyl (C=O) groups is 1. The van der Waals surface area contributed by atoms with E-state index < -0.39 is 11.9 Å². The number of pyridine rings is 1. The minimum absolute atomic E-state index is 0.118. The van der Waals surface area contributed by atoms with Crippen molar-refractivity contribution in [2.45, 2.75) is 6.42 Å². The van der Waals surface area contributed by atoms with Gasteiger partial charge in [-0.1, -0.05) is 24.3 Å². The molecule has 0 unspecified atom stereocenters. The molecule has 10 heteroatoms. The Bertz CT molecular complexity index is 1590. The molecule has 0 spiro atoms. The second kappa shape index (κ2) is 7.83. The second-order valence-electron chi connectivity index (χ2n) is 7.51. The van der Waals surface area contributed by atoms with E-state index in [-0.39, 0.29) is 22.7 Å². The fraction of sp³-hybridized carbons (Fsp3) is 0.0870. The molecule has 2 aromatic carbocycles. The number of nitrogens with zero attached hydrogens (tertiary/aromatic N) is 4. The summed E-state index contributed by atoms with van der Waals surface area (Å²) in [6, 6.07) is 15.2. The molecule has 0 aliphatic rings. The van der Waals surface area contributed by atoms with Crippen molar-refractivity contribution in [3.8, 4) is 11.3 Å². The van der Waals surface area contributed by atoms with E-state index >= 15 is 0 Å². The number of rotatable bonds is 4. The molecule has 9 nitrogen and oxygen atoms in total. The second-order valence-corrected chi connectivity index (χ2v) is 7.51. The Morgan fingerprint density at radius 2 is 1.88 bits per heavy atom. The summed E-state index contributed by atoms with van der Waals surface area (Å²) in [5.74, 6) is -0.337. The van der Waals surface area contributed by atoms with Crippen LogP contribution in [0.15, 0.2) is 59.4 Å². The lowest BCUT2D eigenvalue weighted by molar-refractivity contribution is 0.203. The van der Waals surface area contributed by atoms with Gasteiger partial charge in [-0.3, -0.25) is 9.69 Å². The van der Waals surface area contributed by atoms with Crippen molar-refractivity contribution in [1.29, 1.82) is 0 Å². The molecule has 0 fully saturated rings. The maximum Gasteiger partial charge on any atom is 0.413 e.